The molecule has 1 atom stereocenters. The smallest absolute Gasteiger partial charge is 0.106 e. The van der Waals surface area contributed by atoms with Gasteiger partial charge in [0.1, 0.15) is 6.67 Å². The Hall–Kier alpha value is -0.330. The van der Waals surface area contributed by atoms with E-state index >= 15 is 0 Å². The number of nitrogens with one attached hydrogen (secondary N) is 1. The van der Waals surface area contributed by atoms with Crippen molar-refractivity contribution >= 4 is 0 Å². The lowest BCUT2D eigenvalue weighted by atomic mass is 9.96. The van der Waals surface area contributed by atoms with Crippen molar-refractivity contribution < 1.29 is 13.8 Å². The van der Waals surface area contributed by atoms with E-state index in [4.69, 9.17) is 0 Å². The second-order valence-electron chi connectivity index (χ2n) is 6.09. The molecule has 3 nitrogen and oxygen atoms in total. The molecule has 0 saturated carbocycles. The Labute approximate surface area is 134 Å². The molecule has 0 radical (unpaired) electrons. The van der Waals surface area contributed by atoms with Gasteiger partial charge in [-0.2, -0.15) is 0 Å². The second kappa shape index (κ2) is 13.1. The molecule has 0 unspecified atom stereocenters. The molecule has 0 spiro atoms. The average molecular weight is 327 g/mol. The van der Waals surface area contributed by atoms with E-state index in [1.165, 1.54) is 12.8 Å². The molecule has 2 fully saturated rings. The average Bonchev–Trinajstić information content (AvgIpc) is 2.50. The quantitative estimate of drug-likeness (QED) is 0.856. The van der Waals surface area contributed by atoms with Crippen LogP contribution in [0.25, 0.3) is 0 Å². The third kappa shape index (κ3) is 7.29. The van der Waals surface area contributed by atoms with E-state index in [0.717, 1.165) is 45.2 Å². The molecule has 0 aromatic heterocycles. The van der Waals surface area contributed by atoms with Crippen molar-refractivity contribution in [3.8, 4) is 0 Å². The zero-order chi connectivity index (χ0) is 15.0. The molecule has 2 heterocycles. The molecule has 2 aliphatic rings. The molecule has 6 heteroatoms. The molecule has 136 valence electrons. The van der Waals surface area contributed by atoms with Crippen LogP contribution in [0.4, 0.5) is 13.8 Å². The summed E-state index contributed by atoms with van der Waals surface area (Å²) in [6.07, 6.45) is 2.51. The summed E-state index contributed by atoms with van der Waals surface area (Å²) in [5.41, 5.74) is 0. The number of nitrogens with zero attached hydrogens (tertiary/aromatic N) is 2. The van der Waals surface area contributed by atoms with Gasteiger partial charge < -0.3 is 5.32 Å². The Morgan fingerprint density at radius 2 is 1.68 bits per heavy atom. The van der Waals surface area contributed by atoms with Gasteiger partial charge in [-0.1, -0.05) is 13.8 Å². The first-order chi connectivity index (χ1) is 9.70. The van der Waals surface area contributed by atoms with Crippen molar-refractivity contribution in [2.75, 3.05) is 45.9 Å². The van der Waals surface area contributed by atoms with Crippen LogP contribution >= 0.6 is 0 Å². The number of halogens is 3. The second-order valence-corrected chi connectivity index (χ2v) is 6.09. The maximum Gasteiger partial charge on any atom is 0.106 e. The fourth-order valence-electron chi connectivity index (χ4n) is 3.17. The highest BCUT2D eigenvalue weighted by atomic mass is 19.1. The molecule has 0 amide bonds. The summed E-state index contributed by atoms with van der Waals surface area (Å²) in [5, 5.41) is 3.40. The Bertz CT molecular complexity index is 249. The van der Waals surface area contributed by atoms with Crippen molar-refractivity contribution in [2.24, 2.45) is 5.92 Å². The van der Waals surface area contributed by atoms with Crippen LogP contribution in [0.5, 0.6) is 0 Å². The van der Waals surface area contributed by atoms with Crippen LogP contribution in [-0.4, -0.2) is 67.8 Å². The molecule has 0 aliphatic carbocycles. The largest absolute Gasteiger partial charge is 0.317 e. The van der Waals surface area contributed by atoms with Gasteiger partial charge in [0.05, 0.1) is 6.04 Å². The first-order valence-corrected chi connectivity index (χ1v) is 8.45. The maximum absolute atomic E-state index is 13.2. The van der Waals surface area contributed by atoms with E-state index in [1.807, 2.05) is 13.8 Å². The minimum absolute atomic E-state index is 0. The monoisotopic (exact) mass is 327 g/mol. The van der Waals surface area contributed by atoms with Gasteiger partial charge in [0.2, 0.25) is 0 Å². The van der Waals surface area contributed by atoms with E-state index in [1.54, 1.807) is 0 Å². The van der Waals surface area contributed by atoms with Gasteiger partial charge in [-0.15, -0.1) is 0 Å². The highest BCUT2D eigenvalue weighted by Crippen LogP contribution is 2.19. The summed E-state index contributed by atoms with van der Waals surface area (Å²) in [7, 11) is 0. The summed E-state index contributed by atoms with van der Waals surface area (Å²) in [4.78, 5) is 4.80. The molecule has 0 bridgehead atoms. The molecular weight excluding hydrogens is 291 g/mol. The zero-order valence-electron chi connectivity index (χ0n) is 14.7. The van der Waals surface area contributed by atoms with Gasteiger partial charge in [-0.05, 0) is 45.7 Å². The van der Waals surface area contributed by atoms with Crippen molar-refractivity contribution in [3.63, 3.8) is 0 Å². The Balaban J connectivity index is 0. The van der Waals surface area contributed by atoms with Crippen LogP contribution in [-0.2, 0) is 0 Å². The van der Waals surface area contributed by atoms with Crippen molar-refractivity contribution in [3.05, 3.63) is 0 Å². The van der Waals surface area contributed by atoms with Crippen molar-refractivity contribution in [1.82, 2.24) is 15.1 Å². The maximum atomic E-state index is 13.2. The van der Waals surface area contributed by atoms with Gasteiger partial charge >= 0.3 is 0 Å². The first kappa shape index (κ1) is 23.9. The van der Waals surface area contributed by atoms with Crippen molar-refractivity contribution in [1.29, 1.82) is 0 Å². The summed E-state index contributed by atoms with van der Waals surface area (Å²) >= 11 is 0. The Morgan fingerprint density at radius 3 is 2.18 bits per heavy atom. The fraction of sp³-hybridized carbons (Fsp3) is 1.00. The van der Waals surface area contributed by atoms with E-state index in [2.05, 4.69) is 29.0 Å². The zero-order valence-corrected chi connectivity index (χ0v) is 14.7. The number of hydrogen-bond donors (Lipinski definition) is 1. The van der Waals surface area contributed by atoms with E-state index in [-0.39, 0.29) is 22.1 Å². The van der Waals surface area contributed by atoms with Crippen LogP contribution in [0, 0.1) is 5.92 Å². The van der Waals surface area contributed by atoms with E-state index in [9.17, 15) is 4.39 Å². The number of hydrogen-bond acceptors (Lipinski definition) is 3. The lowest BCUT2D eigenvalue weighted by molar-refractivity contribution is 0.0313. The summed E-state index contributed by atoms with van der Waals surface area (Å²) < 4.78 is 13.2. The number of alkyl halides is 1. The van der Waals surface area contributed by atoms with Gasteiger partial charge in [0.15, 0.2) is 0 Å². The lowest BCUT2D eigenvalue weighted by Gasteiger charge is -2.43. The molecule has 0 aromatic carbocycles. The topological polar surface area (TPSA) is 18.5 Å². The predicted molar refractivity (Wildman–Crippen MR) is 90.0 cm³/mol. The first-order valence-electron chi connectivity index (χ1n) is 8.45. The highest BCUT2D eigenvalue weighted by Gasteiger charge is 2.29. The van der Waals surface area contributed by atoms with Crippen LogP contribution < -0.4 is 5.32 Å². The fourth-order valence-corrected chi connectivity index (χ4v) is 3.17. The van der Waals surface area contributed by atoms with Crippen molar-refractivity contribution in [2.45, 2.75) is 52.6 Å². The minimum atomic E-state index is -0.200. The molecule has 2 rings (SSSR count). The van der Waals surface area contributed by atoms with Gasteiger partial charge in [-0.3, -0.25) is 19.2 Å². The lowest BCUT2D eigenvalue weighted by Crippen LogP contribution is -2.57. The van der Waals surface area contributed by atoms with Gasteiger partial charge in [0, 0.05) is 32.2 Å². The summed E-state index contributed by atoms with van der Waals surface area (Å²) in [5.74, 6) is 0.769. The summed E-state index contributed by atoms with van der Waals surface area (Å²) in [6.45, 7) is 14.6. The molecular formula is C16H36F3N3. The number of rotatable bonds is 4. The SMILES string of the molecule is CC.CC(C)N1CCN(CC2CCNCC2)[C@@H](CF)C1.F.F. The minimum Gasteiger partial charge on any atom is -0.317 e. The van der Waals surface area contributed by atoms with Crippen LogP contribution in [0.1, 0.15) is 40.5 Å². The van der Waals surface area contributed by atoms with Crippen LogP contribution in [0.15, 0.2) is 0 Å². The highest BCUT2D eigenvalue weighted by molar-refractivity contribution is 4.85. The molecule has 2 saturated heterocycles. The molecule has 22 heavy (non-hydrogen) atoms. The predicted octanol–water partition coefficient (Wildman–Crippen LogP) is 2.68. The van der Waals surface area contributed by atoms with Gasteiger partial charge in [-0.25, -0.2) is 4.39 Å². The Morgan fingerprint density at radius 1 is 1.09 bits per heavy atom. The van der Waals surface area contributed by atoms with E-state index in [0.29, 0.717) is 6.04 Å². The standard InChI is InChI=1S/C14H28FN3.C2H6.2FH/c1-12(2)17-7-8-18(14(9-15)11-17)10-13-3-5-16-6-4-13;1-2;;/h12-14,16H,3-11H2,1-2H3;1-2H3;2*1H/t14-;;;/m0.../s1. The molecule has 1 N–H and O–H groups in total. The summed E-state index contributed by atoms with van der Waals surface area (Å²) in [6, 6.07) is 0.663. The molecule has 2 aliphatic heterocycles. The van der Waals surface area contributed by atoms with E-state index < -0.39 is 0 Å². The number of piperazine rings is 1. The third-order valence-corrected chi connectivity index (χ3v) is 4.50. The Kier molecular flexibility index (Phi) is 14.3. The van der Waals surface area contributed by atoms with Gasteiger partial charge in [0.25, 0.3) is 0 Å². The normalized spacial score (nSPS) is 24.0. The van der Waals surface area contributed by atoms with Crippen LogP contribution in [0.3, 0.4) is 0 Å². The molecule has 0 aromatic rings. The van der Waals surface area contributed by atoms with Crippen LogP contribution in [0.2, 0.25) is 0 Å². The number of piperidine rings is 1. The third-order valence-electron chi connectivity index (χ3n) is 4.50.